The van der Waals surface area contributed by atoms with E-state index in [0.29, 0.717) is 10.8 Å². The van der Waals surface area contributed by atoms with Gasteiger partial charge in [-0.1, -0.05) is 38.4 Å². The third-order valence-corrected chi connectivity index (χ3v) is 4.99. The second-order valence-electron chi connectivity index (χ2n) is 7.66. The smallest absolute Gasteiger partial charge is 0.309 e. The number of carbonyl (C=O) groups is 2. The minimum Gasteiger partial charge on any atom is -0.503 e. The van der Waals surface area contributed by atoms with Crippen LogP contribution in [0.2, 0.25) is 5.02 Å². The quantitative estimate of drug-likeness (QED) is 0.415. The Morgan fingerprint density at radius 1 is 1.16 bits per heavy atom. The summed E-state index contributed by atoms with van der Waals surface area (Å²) in [5, 5.41) is 10.7. The van der Waals surface area contributed by atoms with Crippen LogP contribution in [0.25, 0.3) is 0 Å². The Bertz CT molecular complexity index is 917. The van der Waals surface area contributed by atoms with Gasteiger partial charge >= 0.3 is 5.97 Å². The van der Waals surface area contributed by atoms with Crippen LogP contribution in [0.5, 0.6) is 17.2 Å². The second-order valence-corrected chi connectivity index (χ2v) is 8.10. The molecular weight excluding hydrogens is 422 g/mol. The summed E-state index contributed by atoms with van der Waals surface area (Å²) in [5.41, 5.74) is -0.142. The monoisotopic (exact) mass is 449 g/mol. The number of hydrogen-bond acceptors (Lipinski definition) is 7. The molecule has 0 fully saturated rings. The Balaban J connectivity index is 2.04. The van der Waals surface area contributed by atoms with Crippen molar-refractivity contribution in [3.8, 4) is 17.2 Å². The number of carbonyl (C=O) groups excluding carboxylic acids is 2. The van der Waals surface area contributed by atoms with Crippen LogP contribution in [0.1, 0.15) is 44.6 Å². The molecule has 0 bridgehead atoms. The number of benzene rings is 1. The summed E-state index contributed by atoms with van der Waals surface area (Å²) < 4.78 is 16.6. The molecule has 2 rings (SSSR count). The fourth-order valence-corrected chi connectivity index (χ4v) is 3.29. The highest BCUT2D eigenvalue weighted by Gasteiger charge is 2.30. The van der Waals surface area contributed by atoms with Gasteiger partial charge in [0.1, 0.15) is 18.0 Å². The molecule has 3 atom stereocenters. The van der Waals surface area contributed by atoms with Crippen LogP contribution in [-0.2, 0) is 9.53 Å². The highest BCUT2D eigenvalue weighted by molar-refractivity contribution is 6.30. The first-order valence-corrected chi connectivity index (χ1v) is 10.4. The highest BCUT2D eigenvalue weighted by Crippen LogP contribution is 2.29. The number of aromatic nitrogens is 1. The molecule has 0 aliphatic heterocycles. The van der Waals surface area contributed by atoms with Crippen LogP contribution in [-0.4, -0.2) is 41.2 Å². The minimum atomic E-state index is -0.737. The molecule has 8 heteroatoms. The topological polar surface area (TPSA) is 95.0 Å². The van der Waals surface area contributed by atoms with Crippen LogP contribution in [0.15, 0.2) is 36.5 Å². The minimum absolute atomic E-state index is 0.0230. The molecule has 1 aromatic heterocycles. The molecule has 7 nitrogen and oxygen atoms in total. The summed E-state index contributed by atoms with van der Waals surface area (Å²) in [6.45, 7) is 7.25. The predicted molar refractivity (Wildman–Crippen MR) is 117 cm³/mol. The van der Waals surface area contributed by atoms with E-state index in [1.807, 2.05) is 20.8 Å². The molecule has 1 N–H and O–H groups in total. The number of aromatic hydroxyl groups is 1. The lowest BCUT2D eigenvalue weighted by Gasteiger charge is -2.29. The number of halogens is 1. The van der Waals surface area contributed by atoms with Crippen molar-refractivity contribution in [1.82, 2.24) is 4.98 Å². The molecule has 1 aromatic carbocycles. The number of pyridine rings is 1. The second kappa shape index (κ2) is 11.0. The zero-order valence-corrected chi connectivity index (χ0v) is 19.1. The molecule has 1 heterocycles. The Labute approximate surface area is 187 Å². The Kier molecular flexibility index (Phi) is 8.68. The van der Waals surface area contributed by atoms with E-state index in [1.54, 1.807) is 31.2 Å². The van der Waals surface area contributed by atoms with Gasteiger partial charge in [-0.2, -0.15) is 0 Å². The number of rotatable bonds is 10. The molecular formula is C23H28ClNO6. The van der Waals surface area contributed by atoms with Gasteiger partial charge in [-0.3, -0.25) is 9.59 Å². The lowest BCUT2D eigenvalue weighted by molar-refractivity contribution is -0.161. The summed E-state index contributed by atoms with van der Waals surface area (Å²) in [6, 6.07) is 8.42. The average molecular weight is 450 g/mol. The summed E-state index contributed by atoms with van der Waals surface area (Å²) in [4.78, 5) is 29.1. The van der Waals surface area contributed by atoms with Gasteiger partial charge in [0.15, 0.2) is 23.0 Å². The lowest BCUT2D eigenvalue weighted by atomic mass is 10.00. The van der Waals surface area contributed by atoms with Gasteiger partial charge in [0.2, 0.25) is 0 Å². The van der Waals surface area contributed by atoms with E-state index in [2.05, 4.69) is 4.98 Å². The molecule has 0 amide bonds. The molecule has 2 aromatic rings. The van der Waals surface area contributed by atoms with Crippen molar-refractivity contribution in [2.24, 2.45) is 11.8 Å². The molecule has 0 radical (unpaired) electrons. The van der Waals surface area contributed by atoms with Crippen molar-refractivity contribution >= 4 is 23.4 Å². The molecule has 0 unspecified atom stereocenters. The van der Waals surface area contributed by atoms with Crippen molar-refractivity contribution in [3.05, 3.63) is 47.2 Å². The Morgan fingerprint density at radius 2 is 1.87 bits per heavy atom. The molecule has 0 aliphatic carbocycles. The number of ketones is 1. The van der Waals surface area contributed by atoms with E-state index in [-0.39, 0.29) is 29.5 Å². The largest absolute Gasteiger partial charge is 0.503 e. The first kappa shape index (κ1) is 24.5. The van der Waals surface area contributed by atoms with Crippen LogP contribution in [0.3, 0.4) is 0 Å². The van der Waals surface area contributed by atoms with Crippen LogP contribution in [0, 0.1) is 11.8 Å². The maximum absolute atomic E-state index is 12.7. The third-order valence-electron chi connectivity index (χ3n) is 4.76. The highest BCUT2D eigenvalue weighted by atomic mass is 35.5. The Morgan fingerprint density at radius 3 is 2.48 bits per heavy atom. The molecule has 0 spiro atoms. The van der Waals surface area contributed by atoms with E-state index in [0.717, 1.165) is 0 Å². The fourth-order valence-electron chi connectivity index (χ4n) is 3.11. The number of esters is 1. The predicted octanol–water partition coefficient (Wildman–Crippen LogP) is 4.69. The van der Waals surface area contributed by atoms with E-state index in [9.17, 15) is 14.7 Å². The SMILES string of the molecule is COc1ccnc(C(=O)C[C@@H](C)C(=O)O[C@H](C(C)C)[C@H](C)Oc2cccc(Cl)c2)c1O. The van der Waals surface area contributed by atoms with Crippen LogP contribution in [0.4, 0.5) is 0 Å². The molecule has 0 saturated carbocycles. The normalized spacial score (nSPS) is 13.9. The van der Waals surface area contributed by atoms with Crippen molar-refractivity contribution in [3.63, 3.8) is 0 Å². The van der Waals surface area contributed by atoms with Crippen LogP contribution >= 0.6 is 11.6 Å². The maximum atomic E-state index is 12.7. The maximum Gasteiger partial charge on any atom is 0.309 e. The molecule has 0 saturated heterocycles. The standard InChI is InChI=1S/C23H28ClNO6/c1-13(2)22(15(4)30-17-8-6-7-16(24)12-17)31-23(28)14(3)11-18(26)20-21(27)19(29-5)9-10-25-20/h6-10,12-15,22,27H,11H2,1-5H3/t14-,15+,22-/m1/s1. The zero-order valence-electron chi connectivity index (χ0n) is 18.3. The van der Waals surface area contributed by atoms with E-state index >= 15 is 0 Å². The molecule has 0 aliphatic rings. The summed E-state index contributed by atoms with van der Waals surface area (Å²) in [6.07, 6.45) is 0.223. The van der Waals surface area contributed by atoms with Gasteiger partial charge in [0.25, 0.3) is 0 Å². The van der Waals surface area contributed by atoms with E-state index < -0.39 is 29.9 Å². The summed E-state index contributed by atoms with van der Waals surface area (Å²) >= 11 is 6.00. The van der Waals surface area contributed by atoms with Gasteiger partial charge in [0.05, 0.1) is 13.0 Å². The first-order valence-electron chi connectivity index (χ1n) is 10.0. The third kappa shape index (κ3) is 6.59. The van der Waals surface area contributed by atoms with Crippen molar-refractivity contribution in [1.29, 1.82) is 0 Å². The van der Waals surface area contributed by atoms with E-state index in [4.69, 9.17) is 25.8 Å². The number of Topliss-reactive ketones (excluding diaryl/α,β-unsaturated/α-hetero) is 1. The number of methoxy groups -OCH3 is 1. The molecule has 168 valence electrons. The van der Waals surface area contributed by atoms with Gasteiger partial charge in [-0.25, -0.2) is 4.98 Å². The zero-order chi connectivity index (χ0) is 23.1. The number of nitrogens with zero attached hydrogens (tertiary/aromatic N) is 1. The Hall–Kier alpha value is -2.80. The number of hydrogen-bond donors (Lipinski definition) is 1. The lowest BCUT2D eigenvalue weighted by Crippen LogP contribution is -2.39. The van der Waals surface area contributed by atoms with Gasteiger partial charge in [0, 0.05) is 23.7 Å². The first-order chi connectivity index (χ1) is 14.6. The average Bonchev–Trinajstić information content (AvgIpc) is 2.71. The molecule has 31 heavy (non-hydrogen) atoms. The van der Waals surface area contributed by atoms with Crippen molar-refractivity contribution < 1.29 is 28.9 Å². The van der Waals surface area contributed by atoms with Crippen LogP contribution < -0.4 is 9.47 Å². The van der Waals surface area contributed by atoms with Crippen molar-refractivity contribution in [2.75, 3.05) is 7.11 Å². The van der Waals surface area contributed by atoms with Crippen molar-refractivity contribution in [2.45, 2.75) is 46.3 Å². The summed E-state index contributed by atoms with van der Waals surface area (Å²) in [5.74, 6) is -1.41. The van der Waals surface area contributed by atoms with E-state index in [1.165, 1.54) is 19.4 Å². The fraction of sp³-hybridized carbons (Fsp3) is 0.435. The van der Waals surface area contributed by atoms with Gasteiger partial charge in [-0.05, 0) is 31.0 Å². The van der Waals surface area contributed by atoms with Gasteiger partial charge < -0.3 is 19.3 Å². The summed E-state index contributed by atoms with van der Waals surface area (Å²) in [7, 11) is 1.38. The number of ether oxygens (including phenoxy) is 3. The van der Waals surface area contributed by atoms with Gasteiger partial charge in [-0.15, -0.1) is 0 Å².